The summed E-state index contributed by atoms with van der Waals surface area (Å²) in [6, 6.07) is 7.56. The van der Waals surface area contributed by atoms with E-state index in [1.165, 1.54) is 0 Å². The first-order valence-electron chi connectivity index (χ1n) is 7.59. The van der Waals surface area contributed by atoms with Gasteiger partial charge in [0.05, 0.1) is 22.6 Å². The number of benzene rings is 1. The third-order valence-corrected chi connectivity index (χ3v) is 3.65. The zero-order valence-corrected chi connectivity index (χ0v) is 14.2. The second kappa shape index (κ2) is 6.97. The van der Waals surface area contributed by atoms with Gasteiger partial charge in [0.1, 0.15) is 0 Å². The SMILES string of the molecule is CCCc1nn(-c2ccc(Cl)cc2)c(C)c1C(=O)NC(C)C. The summed E-state index contributed by atoms with van der Waals surface area (Å²) in [6.45, 7) is 7.92. The first kappa shape index (κ1) is 16.6. The van der Waals surface area contributed by atoms with Gasteiger partial charge in [-0.05, 0) is 51.5 Å². The molecule has 4 nitrogen and oxygen atoms in total. The summed E-state index contributed by atoms with van der Waals surface area (Å²) in [5.74, 6) is -0.0591. The summed E-state index contributed by atoms with van der Waals surface area (Å²) in [5, 5.41) is 8.28. The molecular formula is C17H22ClN3O. The van der Waals surface area contributed by atoms with Gasteiger partial charge in [-0.15, -0.1) is 0 Å². The third kappa shape index (κ3) is 3.50. The minimum absolute atomic E-state index is 0.0591. The molecule has 2 rings (SSSR count). The molecule has 0 atom stereocenters. The number of carbonyl (C=O) groups excluding carboxylic acids is 1. The molecule has 0 fully saturated rings. The van der Waals surface area contributed by atoms with Gasteiger partial charge in [-0.25, -0.2) is 4.68 Å². The van der Waals surface area contributed by atoms with Crippen molar-refractivity contribution in [2.45, 2.75) is 46.6 Å². The number of halogens is 1. The molecule has 22 heavy (non-hydrogen) atoms. The van der Waals surface area contributed by atoms with Crippen LogP contribution in [0.4, 0.5) is 0 Å². The van der Waals surface area contributed by atoms with Gasteiger partial charge in [0.25, 0.3) is 5.91 Å². The molecule has 1 heterocycles. The zero-order valence-electron chi connectivity index (χ0n) is 13.5. The van der Waals surface area contributed by atoms with Gasteiger partial charge < -0.3 is 5.32 Å². The van der Waals surface area contributed by atoms with Crippen LogP contribution in [-0.4, -0.2) is 21.7 Å². The van der Waals surface area contributed by atoms with E-state index >= 15 is 0 Å². The fraction of sp³-hybridized carbons (Fsp3) is 0.412. The normalized spacial score (nSPS) is 11.0. The van der Waals surface area contributed by atoms with Gasteiger partial charge in [-0.3, -0.25) is 4.79 Å². The Labute approximate surface area is 136 Å². The average Bonchev–Trinajstić information content (AvgIpc) is 2.76. The summed E-state index contributed by atoms with van der Waals surface area (Å²) < 4.78 is 1.82. The van der Waals surface area contributed by atoms with Gasteiger partial charge in [0.2, 0.25) is 0 Å². The molecule has 5 heteroatoms. The Bertz CT molecular complexity index is 659. The molecule has 0 unspecified atom stereocenters. The number of nitrogens with one attached hydrogen (secondary N) is 1. The predicted molar refractivity (Wildman–Crippen MR) is 89.9 cm³/mol. The van der Waals surface area contributed by atoms with Crippen molar-refractivity contribution in [2.75, 3.05) is 0 Å². The van der Waals surface area contributed by atoms with Crippen molar-refractivity contribution >= 4 is 17.5 Å². The second-order valence-electron chi connectivity index (χ2n) is 5.67. The Morgan fingerprint density at radius 2 is 1.95 bits per heavy atom. The molecule has 2 aromatic rings. The lowest BCUT2D eigenvalue weighted by molar-refractivity contribution is 0.0941. The van der Waals surface area contributed by atoms with Crippen LogP contribution in [0.5, 0.6) is 0 Å². The van der Waals surface area contributed by atoms with E-state index in [0.717, 1.165) is 29.9 Å². The molecule has 0 bridgehead atoms. The highest BCUT2D eigenvalue weighted by molar-refractivity contribution is 6.30. The largest absolute Gasteiger partial charge is 0.350 e. The molecule has 0 saturated heterocycles. The first-order valence-corrected chi connectivity index (χ1v) is 7.97. The fourth-order valence-corrected chi connectivity index (χ4v) is 2.56. The number of hydrogen-bond acceptors (Lipinski definition) is 2. The van der Waals surface area contributed by atoms with E-state index < -0.39 is 0 Å². The van der Waals surface area contributed by atoms with E-state index in [1.54, 1.807) is 0 Å². The third-order valence-electron chi connectivity index (χ3n) is 3.39. The van der Waals surface area contributed by atoms with Crippen molar-refractivity contribution in [3.63, 3.8) is 0 Å². The van der Waals surface area contributed by atoms with Gasteiger partial charge in [-0.2, -0.15) is 5.10 Å². The highest BCUT2D eigenvalue weighted by Gasteiger charge is 2.21. The van der Waals surface area contributed by atoms with Crippen LogP contribution in [0.25, 0.3) is 5.69 Å². The van der Waals surface area contributed by atoms with Crippen LogP contribution in [0.1, 0.15) is 48.9 Å². The van der Waals surface area contributed by atoms with E-state index in [-0.39, 0.29) is 11.9 Å². The number of rotatable bonds is 5. The van der Waals surface area contributed by atoms with E-state index in [1.807, 2.05) is 49.7 Å². The predicted octanol–water partition coefficient (Wildman–Crippen LogP) is 3.92. The van der Waals surface area contributed by atoms with E-state index in [0.29, 0.717) is 10.6 Å². The minimum Gasteiger partial charge on any atom is -0.350 e. The van der Waals surface area contributed by atoms with Gasteiger partial charge >= 0.3 is 0 Å². The smallest absolute Gasteiger partial charge is 0.255 e. The maximum absolute atomic E-state index is 12.5. The number of aryl methyl sites for hydroxylation is 1. The Balaban J connectivity index is 2.48. The van der Waals surface area contributed by atoms with Crippen LogP contribution < -0.4 is 5.32 Å². The Kier molecular flexibility index (Phi) is 5.24. The lowest BCUT2D eigenvalue weighted by Crippen LogP contribution is -2.31. The van der Waals surface area contributed by atoms with Crippen molar-refractivity contribution in [3.05, 3.63) is 46.2 Å². The standard InChI is InChI=1S/C17H22ClN3O/c1-5-6-15-16(17(22)19-11(2)3)12(4)21(20-15)14-9-7-13(18)8-10-14/h7-11H,5-6H2,1-4H3,(H,19,22). The molecule has 0 radical (unpaired) electrons. The van der Waals surface area contributed by atoms with Crippen LogP contribution in [0.3, 0.4) is 0 Å². The summed E-state index contributed by atoms with van der Waals surface area (Å²) >= 11 is 5.94. The van der Waals surface area contributed by atoms with E-state index in [4.69, 9.17) is 11.6 Å². The molecule has 1 aromatic heterocycles. The maximum Gasteiger partial charge on any atom is 0.255 e. The van der Waals surface area contributed by atoms with Crippen LogP contribution in [0.2, 0.25) is 5.02 Å². The number of aromatic nitrogens is 2. The second-order valence-corrected chi connectivity index (χ2v) is 6.11. The number of hydrogen-bond donors (Lipinski definition) is 1. The van der Waals surface area contributed by atoms with Crippen LogP contribution in [0, 0.1) is 6.92 Å². The summed E-state index contributed by atoms with van der Waals surface area (Å²) in [7, 11) is 0. The summed E-state index contributed by atoms with van der Waals surface area (Å²) in [6.07, 6.45) is 1.72. The van der Waals surface area contributed by atoms with Gasteiger partial charge in [-0.1, -0.05) is 24.9 Å². The Morgan fingerprint density at radius 1 is 1.32 bits per heavy atom. The molecule has 0 aliphatic carbocycles. The lowest BCUT2D eigenvalue weighted by atomic mass is 10.1. The molecule has 1 N–H and O–H groups in total. The Hall–Kier alpha value is -1.81. The quantitative estimate of drug-likeness (QED) is 0.907. The van der Waals surface area contributed by atoms with Crippen molar-refractivity contribution in [1.29, 1.82) is 0 Å². The van der Waals surface area contributed by atoms with Crippen LogP contribution in [-0.2, 0) is 6.42 Å². The number of carbonyl (C=O) groups is 1. The zero-order chi connectivity index (χ0) is 16.3. The van der Waals surface area contributed by atoms with Crippen LogP contribution in [0.15, 0.2) is 24.3 Å². The van der Waals surface area contributed by atoms with E-state index in [2.05, 4.69) is 17.3 Å². The molecule has 0 aliphatic rings. The van der Waals surface area contributed by atoms with Crippen molar-refractivity contribution < 1.29 is 4.79 Å². The molecule has 0 aliphatic heterocycles. The van der Waals surface area contributed by atoms with Crippen molar-refractivity contribution in [3.8, 4) is 5.69 Å². The lowest BCUT2D eigenvalue weighted by Gasteiger charge is -2.09. The first-order chi connectivity index (χ1) is 10.4. The number of nitrogens with zero attached hydrogens (tertiary/aromatic N) is 2. The summed E-state index contributed by atoms with van der Waals surface area (Å²) in [5.41, 5.74) is 3.28. The molecule has 1 aromatic carbocycles. The highest BCUT2D eigenvalue weighted by atomic mass is 35.5. The summed E-state index contributed by atoms with van der Waals surface area (Å²) in [4.78, 5) is 12.5. The molecule has 118 valence electrons. The minimum atomic E-state index is -0.0591. The average molecular weight is 320 g/mol. The maximum atomic E-state index is 12.5. The topological polar surface area (TPSA) is 46.9 Å². The molecule has 0 saturated carbocycles. The van der Waals surface area contributed by atoms with Gasteiger partial charge in [0, 0.05) is 11.1 Å². The fourth-order valence-electron chi connectivity index (χ4n) is 2.44. The highest BCUT2D eigenvalue weighted by Crippen LogP contribution is 2.21. The number of amides is 1. The Morgan fingerprint density at radius 3 is 2.50 bits per heavy atom. The van der Waals surface area contributed by atoms with Crippen molar-refractivity contribution in [1.82, 2.24) is 15.1 Å². The van der Waals surface area contributed by atoms with Gasteiger partial charge in [0.15, 0.2) is 0 Å². The van der Waals surface area contributed by atoms with Crippen LogP contribution >= 0.6 is 11.6 Å². The van der Waals surface area contributed by atoms with E-state index in [9.17, 15) is 4.79 Å². The molecule has 0 spiro atoms. The molecule has 1 amide bonds. The monoisotopic (exact) mass is 319 g/mol. The molecular weight excluding hydrogens is 298 g/mol. The van der Waals surface area contributed by atoms with Crippen molar-refractivity contribution in [2.24, 2.45) is 0 Å².